The average Bonchev–Trinajstić information content (AvgIpc) is 2.16. The molecule has 2 rings (SSSR count). The van der Waals surface area contributed by atoms with Crippen molar-refractivity contribution in [3.05, 3.63) is 34.9 Å². The molecule has 1 aliphatic rings. The quantitative estimate of drug-likeness (QED) is 0.633. The van der Waals surface area contributed by atoms with Gasteiger partial charge in [0.25, 0.3) is 0 Å². The van der Waals surface area contributed by atoms with Crippen LogP contribution in [-0.2, 0) is 0 Å². The van der Waals surface area contributed by atoms with Crippen molar-refractivity contribution in [3.8, 4) is 11.8 Å². The molecule has 0 fully saturated rings. The lowest BCUT2D eigenvalue weighted by molar-refractivity contribution is 0.330. The highest BCUT2D eigenvalue weighted by Gasteiger charge is 2.16. The fourth-order valence-electron chi connectivity index (χ4n) is 1.28. The van der Waals surface area contributed by atoms with Crippen LogP contribution < -0.4 is 4.74 Å². The Morgan fingerprint density at radius 2 is 2.14 bits per heavy atom. The fourth-order valence-corrected chi connectivity index (χ4v) is 1.28. The average molecular weight is 193 g/mol. The van der Waals surface area contributed by atoms with Crippen LogP contribution in [0.5, 0.6) is 5.75 Å². The Balaban J connectivity index is 2.59. The number of halogens is 2. The SMILES string of the molecule is N#CC1=Cc2cc(F)cc(F)c2OC1. The van der Waals surface area contributed by atoms with Crippen LogP contribution >= 0.6 is 0 Å². The van der Waals surface area contributed by atoms with Gasteiger partial charge >= 0.3 is 0 Å². The molecular weight excluding hydrogens is 188 g/mol. The van der Waals surface area contributed by atoms with Gasteiger partial charge in [-0.05, 0) is 12.1 Å². The highest BCUT2D eigenvalue weighted by Crippen LogP contribution is 2.29. The summed E-state index contributed by atoms with van der Waals surface area (Å²) in [5, 5.41) is 8.57. The van der Waals surface area contributed by atoms with Gasteiger partial charge in [0.15, 0.2) is 11.6 Å². The van der Waals surface area contributed by atoms with E-state index in [0.717, 1.165) is 12.1 Å². The van der Waals surface area contributed by atoms with E-state index in [4.69, 9.17) is 10.00 Å². The van der Waals surface area contributed by atoms with Gasteiger partial charge in [0.1, 0.15) is 12.4 Å². The summed E-state index contributed by atoms with van der Waals surface area (Å²) >= 11 is 0. The number of rotatable bonds is 0. The molecule has 0 aromatic heterocycles. The maximum atomic E-state index is 13.1. The lowest BCUT2D eigenvalue weighted by Gasteiger charge is -2.14. The van der Waals surface area contributed by atoms with E-state index in [1.807, 2.05) is 6.07 Å². The van der Waals surface area contributed by atoms with E-state index >= 15 is 0 Å². The molecule has 0 spiro atoms. The third kappa shape index (κ3) is 1.33. The molecule has 1 aromatic carbocycles. The van der Waals surface area contributed by atoms with E-state index in [0.29, 0.717) is 5.57 Å². The minimum Gasteiger partial charge on any atom is -0.484 e. The molecule has 1 heterocycles. The molecule has 0 N–H and O–H groups in total. The summed E-state index contributed by atoms with van der Waals surface area (Å²) < 4.78 is 30.8. The van der Waals surface area contributed by atoms with Crippen molar-refractivity contribution in [1.82, 2.24) is 0 Å². The molecule has 70 valence electrons. The third-order valence-corrected chi connectivity index (χ3v) is 1.88. The van der Waals surface area contributed by atoms with Crippen LogP contribution in [0.3, 0.4) is 0 Å². The zero-order valence-electron chi connectivity index (χ0n) is 7.05. The third-order valence-electron chi connectivity index (χ3n) is 1.88. The smallest absolute Gasteiger partial charge is 0.168 e. The predicted molar refractivity (Wildman–Crippen MR) is 45.4 cm³/mol. The number of fused-ring (bicyclic) bond motifs is 1. The molecule has 0 radical (unpaired) electrons. The number of nitrogens with zero attached hydrogens (tertiary/aromatic N) is 1. The highest BCUT2D eigenvalue weighted by molar-refractivity contribution is 5.65. The highest BCUT2D eigenvalue weighted by atomic mass is 19.1. The molecule has 0 atom stereocenters. The second-order valence-electron chi connectivity index (χ2n) is 2.88. The normalized spacial score (nSPS) is 13.6. The van der Waals surface area contributed by atoms with Crippen LogP contribution in [0.15, 0.2) is 17.7 Å². The minimum atomic E-state index is -0.742. The van der Waals surface area contributed by atoms with Crippen LogP contribution in [0, 0.1) is 23.0 Å². The van der Waals surface area contributed by atoms with Gasteiger partial charge in [0.2, 0.25) is 0 Å². The topological polar surface area (TPSA) is 33.0 Å². The number of nitriles is 1. The number of hydrogen-bond donors (Lipinski definition) is 0. The van der Waals surface area contributed by atoms with Gasteiger partial charge in [-0.2, -0.15) is 5.26 Å². The summed E-state index contributed by atoms with van der Waals surface area (Å²) in [6, 6.07) is 3.76. The molecule has 0 unspecified atom stereocenters. The first-order valence-electron chi connectivity index (χ1n) is 3.93. The maximum Gasteiger partial charge on any atom is 0.168 e. The van der Waals surface area contributed by atoms with Gasteiger partial charge in [0, 0.05) is 11.6 Å². The van der Waals surface area contributed by atoms with Gasteiger partial charge in [-0.25, -0.2) is 8.78 Å². The molecule has 1 aromatic rings. The zero-order valence-corrected chi connectivity index (χ0v) is 7.05. The van der Waals surface area contributed by atoms with Crippen molar-refractivity contribution in [2.24, 2.45) is 0 Å². The number of hydrogen-bond acceptors (Lipinski definition) is 2. The Morgan fingerprint density at radius 1 is 1.36 bits per heavy atom. The molecule has 2 nitrogen and oxygen atoms in total. The van der Waals surface area contributed by atoms with Crippen molar-refractivity contribution in [3.63, 3.8) is 0 Å². The van der Waals surface area contributed by atoms with Crippen molar-refractivity contribution >= 4 is 6.08 Å². The molecule has 14 heavy (non-hydrogen) atoms. The van der Waals surface area contributed by atoms with E-state index in [1.165, 1.54) is 6.08 Å². The predicted octanol–water partition coefficient (Wildman–Crippen LogP) is 2.26. The molecular formula is C10H5F2NO. The Bertz CT molecular complexity index is 460. The second kappa shape index (κ2) is 3.11. The Labute approximate surface area is 79.0 Å². The summed E-state index contributed by atoms with van der Waals surface area (Å²) in [6.07, 6.45) is 1.42. The van der Waals surface area contributed by atoms with E-state index in [9.17, 15) is 8.78 Å². The van der Waals surface area contributed by atoms with Crippen molar-refractivity contribution < 1.29 is 13.5 Å². The van der Waals surface area contributed by atoms with Gasteiger partial charge in [-0.1, -0.05) is 0 Å². The standard InChI is InChI=1S/C10H5F2NO/c11-8-2-7-1-6(4-13)5-14-10(7)9(12)3-8/h1-3H,5H2. The van der Waals surface area contributed by atoms with Crippen LogP contribution in [0.25, 0.3) is 6.08 Å². The monoisotopic (exact) mass is 193 g/mol. The Morgan fingerprint density at radius 3 is 2.86 bits per heavy atom. The van der Waals surface area contributed by atoms with Crippen LogP contribution in [0.2, 0.25) is 0 Å². The Kier molecular flexibility index (Phi) is 1.93. The summed E-state index contributed by atoms with van der Waals surface area (Å²) in [5.74, 6) is -1.42. The zero-order chi connectivity index (χ0) is 10.1. The molecule has 0 aliphatic carbocycles. The van der Waals surface area contributed by atoms with Crippen molar-refractivity contribution in [2.75, 3.05) is 6.61 Å². The van der Waals surface area contributed by atoms with Gasteiger partial charge < -0.3 is 4.74 Å². The summed E-state index contributed by atoms with van der Waals surface area (Å²) in [7, 11) is 0. The molecule has 0 saturated heterocycles. The first-order chi connectivity index (χ1) is 6.70. The molecule has 4 heteroatoms. The Hall–Kier alpha value is -1.89. The van der Waals surface area contributed by atoms with Crippen LogP contribution in [0.1, 0.15) is 5.56 Å². The lowest BCUT2D eigenvalue weighted by atomic mass is 10.1. The molecule has 0 saturated carbocycles. The van der Waals surface area contributed by atoms with Crippen LogP contribution in [-0.4, -0.2) is 6.61 Å². The van der Waals surface area contributed by atoms with Gasteiger partial charge in [-0.3, -0.25) is 0 Å². The first-order valence-corrected chi connectivity index (χ1v) is 3.93. The van der Waals surface area contributed by atoms with E-state index < -0.39 is 11.6 Å². The number of ether oxygens (including phenoxy) is 1. The van der Waals surface area contributed by atoms with Crippen molar-refractivity contribution in [2.45, 2.75) is 0 Å². The lowest BCUT2D eigenvalue weighted by Crippen LogP contribution is -2.08. The molecule has 0 bridgehead atoms. The number of benzene rings is 1. The summed E-state index contributed by atoms with van der Waals surface area (Å²) in [6.45, 7) is 0.0338. The fraction of sp³-hybridized carbons (Fsp3) is 0.100. The summed E-state index contributed by atoms with van der Waals surface area (Å²) in [4.78, 5) is 0. The van der Waals surface area contributed by atoms with E-state index in [1.54, 1.807) is 0 Å². The maximum absolute atomic E-state index is 13.1. The second-order valence-corrected chi connectivity index (χ2v) is 2.88. The van der Waals surface area contributed by atoms with E-state index in [-0.39, 0.29) is 17.9 Å². The van der Waals surface area contributed by atoms with Gasteiger partial charge in [-0.15, -0.1) is 0 Å². The van der Waals surface area contributed by atoms with Crippen molar-refractivity contribution in [1.29, 1.82) is 5.26 Å². The first kappa shape index (κ1) is 8.70. The largest absolute Gasteiger partial charge is 0.484 e. The van der Waals surface area contributed by atoms with Crippen LogP contribution in [0.4, 0.5) is 8.78 Å². The molecule has 0 amide bonds. The summed E-state index contributed by atoms with van der Waals surface area (Å²) in [5.41, 5.74) is 0.618. The van der Waals surface area contributed by atoms with E-state index in [2.05, 4.69) is 0 Å². The minimum absolute atomic E-state index is 0.00500. The molecule has 1 aliphatic heterocycles. The van der Waals surface area contributed by atoms with Gasteiger partial charge in [0.05, 0.1) is 11.6 Å².